The molecular weight excluding hydrogens is 356 g/mol. The van der Waals surface area contributed by atoms with Crippen LogP contribution in [0.1, 0.15) is 26.7 Å². The van der Waals surface area contributed by atoms with E-state index in [0.29, 0.717) is 12.3 Å². The van der Waals surface area contributed by atoms with Crippen molar-refractivity contribution >= 4 is 33.7 Å². The Bertz CT molecular complexity index is 1040. The van der Waals surface area contributed by atoms with Crippen LogP contribution in [0.3, 0.4) is 0 Å². The van der Waals surface area contributed by atoms with Gasteiger partial charge in [0.2, 0.25) is 0 Å². The molecule has 1 N–H and O–H groups in total. The summed E-state index contributed by atoms with van der Waals surface area (Å²) in [6, 6.07) is 10.7. The van der Waals surface area contributed by atoms with Gasteiger partial charge in [0.25, 0.3) is 0 Å². The first-order chi connectivity index (χ1) is 13.3. The topological polar surface area (TPSA) is 63.7 Å². The van der Waals surface area contributed by atoms with Gasteiger partial charge in [-0.2, -0.15) is 0 Å². The summed E-state index contributed by atoms with van der Waals surface area (Å²) in [5.74, 6) is 2.74. The maximum absolute atomic E-state index is 6.08. The minimum Gasteiger partial charge on any atom is -0.492 e. The summed E-state index contributed by atoms with van der Waals surface area (Å²) in [5, 5.41) is 2.34. The van der Waals surface area contributed by atoms with E-state index in [1.165, 1.54) is 29.5 Å². The standard InChI is InChI=1S/C21H22N4OS/c1-3-5-11-27-18-8-6-7-15-14(18)9-10-16(19(15)26-4-2)20-24-17-12-22-13-23-21(17)25-20/h6-10,12-13H,3-5,11H2,1-2H3,(H,22,23,24,25). The monoisotopic (exact) mass is 378 g/mol. The van der Waals surface area contributed by atoms with Crippen molar-refractivity contribution in [2.24, 2.45) is 0 Å². The van der Waals surface area contributed by atoms with E-state index in [1.807, 2.05) is 18.7 Å². The van der Waals surface area contributed by atoms with Crippen LogP contribution in [-0.2, 0) is 0 Å². The molecule has 0 unspecified atom stereocenters. The second kappa shape index (κ2) is 7.96. The molecule has 2 aromatic carbocycles. The molecule has 0 radical (unpaired) electrons. The summed E-state index contributed by atoms with van der Waals surface area (Å²) in [4.78, 5) is 17.5. The fraction of sp³-hybridized carbons (Fsp3) is 0.286. The highest BCUT2D eigenvalue weighted by Gasteiger charge is 2.16. The minimum absolute atomic E-state index is 0.597. The van der Waals surface area contributed by atoms with E-state index in [4.69, 9.17) is 4.74 Å². The van der Waals surface area contributed by atoms with Gasteiger partial charge in [0, 0.05) is 10.3 Å². The number of imidazole rings is 1. The van der Waals surface area contributed by atoms with Crippen LogP contribution >= 0.6 is 11.8 Å². The zero-order chi connectivity index (χ0) is 18.6. The smallest absolute Gasteiger partial charge is 0.181 e. The highest BCUT2D eigenvalue weighted by Crippen LogP contribution is 2.39. The van der Waals surface area contributed by atoms with Gasteiger partial charge in [-0.15, -0.1) is 11.8 Å². The lowest BCUT2D eigenvalue weighted by atomic mass is 10.0. The molecule has 5 nitrogen and oxygen atoms in total. The third kappa shape index (κ3) is 3.49. The number of hydrogen-bond donors (Lipinski definition) is 1. The molecule has 0 atom stereocenters. The molecule has 0 aliphatic rings. The van der Waals surface area contributed by atoms with E-state index in [2.05, 4.69) is 57.2 Å². The number of nitrogens with one attached hydrogen (secondary N) is 1. The number of aromatic amines is 1. The van der Waals surface area contributed by atoms with Gasteiger partial charge in [-0.25, -0.2) is 15.0 Å². The molecule has 0 saturated heterocycles. The van der Waals surface area contributed by atoms with Gasteiger partial charge >= 0.3 is 0 Å². The van der Waals surface area contributed by atoms with Gasteiger partial charge in [-0.3, -0.25) is 0 Å². The Morgan fingerprint density at radius 2 is 2.04 bits per heavy atom. The summed E-state index contributed by atoms with van der Waals surface area (Å²) in [6.07, 6.45) is 5.68. The first-order valence-electron chi connectivity index (χ1n) is 9.29. The first kappa shape index (κ1) is 17.8. The Morgan fingerprint density at radius 3 is 2.85 bits per heavy atom. The second-order valence-corrected chi connectivity index (χ2v) is 7.41. The Kier molecular flexibility index (Phi) is 5.25. The third-order valence-corrected chi connectivity index (χ3v) is 5.59. The molecule has 0 spiro atoms. The van der Waals surface area contributed by atoms with E-state index in [9.17, 15) is 0 Å². The van der Waals surface area contributed by atoms with Crippen molar-refractivity contribution in [3.8, 4) is 17.1 Å². The number of H-pyrrole nitrogens is 1. The maximum atomic E-state index is 6.08. The van der Waals surface area contributed by atoms with Crippen LogP contribution in [0.15, 0.2) is 47.8 Å². The Balaban J connectivity index is 1.84. The van der Waals surface area contributed by atoms with Crippen LogP contribution in [0.4, 0.5) is 0 Å². The minimum atomic E-state index is 0.597. The van der Waals surface area contributed by atoms with Gasteiger partial charge in [0.15, 0.2) is 5.65 Å². The molecule has 0 saturated carbocycles. The molecule has 6 heteroatoms. The van der Waals surface area contributed by atoms with Crippen molar-refractivity contribution < 1.29 is 4.74 Å². The molecule has 0 aliphatic heterocycles. The van der Waals surface area contributed by atoms with Crippen molar-refractivity contribution in [3.63, 3.8) is 0 Å². The molecule has 0 amide bonds. The lowest BCUT2D eigenvalue weighted by molar-refractivity contribution is 0.345. The fourth-order valence-corrected chi connectivity index (χ4v) is 4.29. The quantitative estimate of drug-likeness (QED) is 0.341. The summed E-state index contributed by atoms with van der Waals surface area (Å²) in [6.45, 7) is 4.83. The summed E-state index contributed by atoms with van der Waals surface area (Å²) < 4.78 is 6.08. The van der Waals surface area contributed by atoms with Crippen LogP contribution in [0.25, 0.3) is 33.3 Å². The number of rotatable bonds is 7. The normalized spacial score (nSPS) is 11.3. The zero-order valence-corrected chi connectivity index (χ0v) is 16.3. The molecule has 4 aromatic rings. The highest BCUT2D eigenvalue weighted by molar-refractivity contribution is 7.99. The Hall–Kier alpha value is -2.60. The van der Waals surface area contributed by atoms with Crippen molar-refractivity contribution in [2.45, 2.75) is 31.6 Å². The lowest BCUT2D eigenvalue weighted by Gasteiger charge is -2.14. The van der Waals surface area contributed by atoms with Crippen LogP contribution < -0.4 is 4.74 Å². The van der Waals surface area contributed by atoms with E-state index in [0.717, 1.165) is 33.8 Å². The molecule has 2 aromatic heterocycles. The molecule has 2 heterocycles. The van der Waals surface area contributed by atoms with Crippen molar-refractivity contribution in [3.05, 3.63) is 42.9 Å². The highest BCUT2D eigenvalue weighted by atomic mass is 32.2. The number of fused-ring (bicyclic) bond motifs is 2. The average molecular weight is 379 g/mol. The average Bonchev–Trinajstić information content (AvgIpc) is 3.13. The van der Waals surface area contributed by atoms with Gasteiger partial charge < -0.3 is 9.72 Å². The SMILES string of the molecule is CCCCSc1cccc2c(OCC)c(-c3nc4ncncc4[nH]3)ccc12. The van der Waals surface area contributed by atoms with Crippen LogP contribution in [-0.4, -0.2) is 32.3 Å². The third-order valence-electron chi connectivity index (χ3n) is 4.43. The Labute approximate surface area is 162 Å². The van der Waals surface area contributed by atoms with Crippen LogP contribution in [0.5, 0.6) is 5.75 Å². The van der Waals surface area contributed by atoms with Crippen LogP contribution in [0.2, 0.25) is 0 Å². The van der Waals surface area contributed by atoms with Gasteiger partial charge in [0.05, 0.1) is 18.4 Å². The number of nitrogens with zero attached hydrogens (tertiary/aromatic N) is 3. The number of aromatic nitrogens is 4. The fourth-order valence-electron chi connectivity index (χ4n) is 3.13. The summed E-state index contributed by atoms with van der Waals surface area (Å²) in [7, 11) is 0. The number of unbranched alkanes of at least 4 members (excludes halogenated alkanes) is 1. The molecule has 138 valence electrons. The Morgan fingerprint density at radius 1 is 1.11 bits per heavy atom. The maximum Gasteiger partial charge on any atom is 0.181 e. The van der Waals surface area contributed by atoms with Gasteiger partial charge in [-0.05, 0) is 36.6 Å². The lowest BCUT2D eigenvalue weighted by Crippen LogP contribution is -1.97. The molecule has 0 aliphatic carbocycles. The summed E-state index contributed by atoms with van der Waals surface area (Å²) >= 11 is 1.91. The zero-order valence-electron chi connectivity index (χ0n) is 15.5. The molecular formula is C21H22N4OS. The van der Waals surface area contributed by atoms with Crippen molar-refractivity contribution in [1.82, 2.24) is 19.9 Å². The second-order valence-electron chi connectivity index (χ2n) is 6.27. The molecule has 27 heavy (non-hydrogen) atoms. The number of hydrogen-bond acceptors (Lipinski definition) is 5. The van der Waals surface area contributed by atoms with E-state index >= 15 is 0 Å². The molecule has 0 fully saturated rings. The number of ether oxygens (including phenoxy) is 1. The van der Waals surface area contributed by atoms with Crippen molar-refractivity contribution in [1.29, 1.82) is 0 Å². The van der Waals surface area contributed by atoms with Crippen LogP contribution in [0, 0.1) is 0 Å². The van der Waals surface area contributed by atoms with Crippen molar-refractivity contribution in [2.75, 3.05) is 12.4 Å². The molecule has 0 bridgehead atoms. The van der Waals surface area contributed by atoms with Gasteiger partial charge in [0.1, 0.15) is 23.4 Å². The predicted molar refractivity (Wildman–Crippen MR) is 111 cm³/mol. The van der Waals surface area contributed by atoms with Gasteiger partial charge in [-0.1, -0.05) is 31.5 Å². The predicted octanol–water partition coefficient (Wildman–Crippen LogP) is 5.46. The van der Waals surface area contributed by atoms with E-state index in [-0.39, 0.29) is 0 Å². The van der Waals surface area contributed by atoms with E-state index in [1.54, 1.807) is 6.20 Å². The molecule has 4 rings (SSSR count). The van der Waals surface area contributed by atoms with E-state index < -0.39 is 0 Å². The largest absolute Gasteiger partial charge is 0.492 e. The summed E-state index contributed by atoms with van der Waals surface area (Å²) in [5.41, 5.74) is 2.42. The first-order valence-corrected chi connectivity index (χ1v) is 10.3. The number of thioether (sulfide) groups is 1. The number of benzene rings is 2.